The Morgan fingerprint density at radius 3 is 2.64 bits per heavy atom. The number of hydrogen-bond acceptors (Lipinski definition) is 4. The third kappa shape index (κ3) is 3.03. The number of nitrogens with zero attached hydrogens (tertiary/aromatic N) is 5. The van der Waals surface area contributed by atoms with Crippen molar-refractivity contribution in [2.24, 2.45) is 0 Å². The molecule has 0 radical (unpaired) electrons. The molecule has 22 heavy (non-hydrogen) atoms. The molecule has 0 fully saturated rings. The third-order valence-corrected chi connectivity index (χ3v) is 3.14. The molecule has 3 aromatic rings. The molecular formula is C15H16N6O. The van der Waals surface area contributed by atoms with Gasteiger partial charge in [0.05, 0.1) is 5.69 Å². The number of amides is 1. The quantitative estimate of drug-likeness (QED) is 0.795. The van der Waals surface area contributed by atoms with Gasteiger partial charge in [-0.15, -0.1) is 0 Å². The predicted molar refractivity (Wildman–Crippen MR) is 81.7 cm³/mol. The van der Waals surface area contributed by atoms with E-state index in [1.54, 1.807) is 15.3 Å². The lowest BCUT2D eigenvalue weighted by molar-refractivity contribution is -0.116. The van der Waals surface area contributed by atoms with E-state index in [2.05, 4.69) is 20.4 Å². The van der Waals surface area contributed by atoms with Crippen molar-refractivity contribution in [2.75, 3.05) is 5.32 Å². The lowest BCUT2D eigenvalue weighted by Crippen LogP contribution is -2.19. The van der Waals surface area contributed by atoms with Crippen molar-refractivity contribution in [1.29, 1.82) is 0 Å². The van der Waals surface area contributed by atoms with E-state index in [-0.39, 0.29) is 12.5 Å². The average Bonchev–Trinajstić information content (AvgIpc) is 3.08. The van der Waals surface area contributed by atoms with Crippen LogP contribution in [0.5, 0.6) is 0 Å². The SMILES string of the molecule is Cc1cc(C)n(-c2cc(NC(=O)Cn3cccc3)ncn2)n1. The molecule has 0 aliphatic heterocycles. The molecule has 1 N–H and O–H groups in total. The number of carbonyl (C=O) groups excluding carboxylic acids is 1. The predicted octanol–water partition coefficient (Wildman–Crippen LogP) is 1.72. The van der Waals surface area contributed by atoms with Crippen LogP contribution in [0.3, 0.4) is 0 Å². The van der Waals surface area contributed by atoms with Crippen LogP contribution >= 0.6 is 0 Å². The molecule has 3 aromatic heterocycles. The molecule has 112 valence electrons. The molecule has 0 saturated carbocycles. The molecule has 3 heterocycles. The first-order chi connectivity index (χ1) is 10.6. The summed E-state index contributed by atoms with van der Waals surface area (Å²) >= 11 is 0. The van der Waals surface area contributed by atoms with Crippen molar-refractivity contribution in [3.63, 3.8) is 0 Å². The Labute approximate surface area is 127 Å². The van der Waals surface area contributed by atoms with Crippen molar-refractivity contribution in [2.45, 2.75) is 20.4 Å². The minimum atomic E-state index is -0.144. The van der Waals surface area contributed by atoms with E-state index in [0.717, 1.165) is 11.4 Å². The summed E-state index contributed by atoms with van der Waals surface area (Å²) in [5.41, 5.74) is 1.88. The second-order valence-electron chi connectivity index (χ2n) is 5.00. The molecule has 0 aliphatic carbocycles. The summed E-state index contributed by atoms with van der Waals surface area (Å²) < 4.78 is 3.51. The molecule has 0 aliphatic rings. The highest BCUT2D eigenvalue weighted by atomic mass is 16.2. The van der Waals surface area contributed by atoms with Gasteiger partial charge in [-0.1, -0.05) is 0 Å². The normalized spacial score (nSPS) is 10.6. The van der Waals surface area contributed by atoms with E-state index in [1.165, 1.54) is 6.33 Å². The molecular weight excluding hydrogens is 280 g/mol. The van der Waals surface area contributed by atoms with Gasteiger partial charge in [-0.2, -0.15) is 5.10 Å². The maximum atomic E-state index is 12.0. The average molecular weight is 296 g/mol. The molecule has 7 nitrogen and oxygen atoms in total. The highest BCUT2D eigenvalue weighted by Gasteiger charge is 2.08. The smallest absolute Gasteiger partial charge is 0.245 e. The standard InChI is InChI=1S/C15H16N6O/c1-11-7-12(2)21(19-11)14-8-13(16-10-17-14)18-15(22)9-20-5-3-4-6-20/h3-8,10H,9H2,1-2H3,(H,16,17,18,22). The summed E-state index contributed by atoms with van der Waals surface area (Å²) in [4.78, 5) is 20.3. The topological polar surface area (TPSA) is 77.6 Å². The third-order valence-electron chi connectivity index (χ3n) is 3.14. The minimum absolute atomic E-state index is 0.144. The van der Waals surface area contributed by atoms with E-state index < -0.39 is 0 Å². The van der Waals surface area contributed by atoms with Crippen molar-refractivity contribution in [1.82, 2.24) is 24.3 Å². The minimum Gasteiger partial charge on any atom is -0.345 e. The van der Waals surface area contributed by atoms with Gasteiger partial charge in [-0.3, -0.25) is 4.79 Å². The summed E-state index contributed by atoms with van der Waals surface area (Å²) in [6.45, 7) is 4.11. The summed E-state index contributed by atoms with van der Waals surface area (Å²) in [5.74, 6) is 0.931. The molecule has 0 spiro atoms. The Kier molecular flexibility index (Phi) is 3.69. The Morgan fingerprint density at radius 2 is 1.95 bits per heavy atom. The molecule has 0 bridgehead atoms. The van der Waals surface area contributed by atoms with Crippen LogP contribution in [-0.4, -0.2) is 30.2 Å². The second kappa shape index (κ2) is 5.80. The number of aryl methyl sites for hydroxylation is 2. The van der Waals surface area contributed by atoms with E-state index in [4.69, 9.17) is 0 Å². The van der Waals surface area contributed by atoms with Crippen LogP contribution < -0.4 is 5.32 Å². The molecule has 3 rings (SSSR count). The zero-order valence-corrected chi connectivity index (χ0v) is 12.4. The van der Waals surface area contributed by atoms with Gasteiger partial charge in [0.2, 0.25) is 5.91 Å². The Hall–Kier alpha value is -2.96. The summed E-state index contributed by atoms with van der Waals surface area (Å²) in [5, 5.41) is 7.14. The van der Waals surface area contributed by atoms with Gasteiger partial charge >= 0.3 is 0 Å². The summed E-state index contributed by atoms with van der Waals surface area (Å²) in [6.07, 6.45) is 5.08. The Morgan fingerprint density at radius 1 is 1.18 bits per heavy atom. The van der Waals surface area contributed by atoms with Crippen LogP contribution in [0.2, 0.25) is 0 Å². The monoisotopic (exact) mass is 296 g/mol. The molecule has 0 atom stereocenters. The fraction of sp³-hybridized carbons (Fsp3) is 0.200. The van der Waals surface area contributed by atoms with Crippen molar-refractivity contribution in [3.05, 3.63) is 54.4 Å². The van der Waals surface area contributed by atoms with E-state index in [1.807, 2.05) is 44.4 Å². The van der Waals surface area contributed by atoms with Crippen LogP contribution in [0.15, 0.2) is 43.0 Å². The van der Waals surface area contributed by atoms with Crippen molar-refractivity contribution < 1.29 is 4.79 Å². The second-order valence-corrected chi connectivity index (χ2v) is 5.00. The van der Waals surface area contributed by atoms with Crippen LogP contribution in [0.25, 0.3) is 5.82 Å². The molecule has 7 heteroatoms. The lowest BCUT2D eigenvalue weighted by Gasteiger charge is -2.07. The Balaban J connectivity index is 1.76. The van der Waals surface area contributed by atoms with Gasteiger partial charge in [0.25, 0.3) is 0 Å². The van der Waals surface area contributed by atoms with Gasteiger partial charge in [-0.05, 0) is 32.0 Å². The van der Waals surface area contributed by atoms with Crippen molar-refractivity contribution in [3.8, 4) is 5.82 Å². The first-order valence-corrected chi connectivity index (χ1v) is 6.88. The van der Waals surface area contributed by atoms with Crippen LogP contribution in [0.4, 0.5) is 5.82 Å². The molecule has 0 saturated heterocycles. The fourth-order valence-electron chi connectivity index (χ4n) is 2.22. The number of aromatic nitrogens is 5. The van der Waals surface area contributed by atoms with Crippen LogP contribution in [0.1, 0.15) is 11.4 Å². The maximum Gasteiger partial charge on any atom is 0.245 e. The highest BCUT2D eigenvalue weighted by Crippen LogP contribution is 2.12. The van der Waals surface area contributed by atoms with Crippen molar-refractivity contribution >= 4 is 11.7 Å². The number of rotatable bonds is 4. The first-order valence-electron chi connectivity index (χ1n) is 6.88. The lowest BCUT2D eigenvalue weighted by atomic mass is 10.4. The molecule has 0 aromatic carbocycles. The summed E-state index contributed by atoms with van der Waals surface area (Å²) in [7, 11) is 0. The highest BCUT2D eigenvalue weighted by molar-refractivity contribution is 5.89. The number of hydrogen-bond donors (Lipinski definition) is 1. The fourth-order valence-corrected chi connectivity index (χ4v) is 2.22. The zero-order chi connectivity index (χ0) is 15.5. The first kappa shape index (κ1) is 14.0. The van der Waals surface area contributed by atoms with Crippen LogP contribution in [0, 0.1) is 13.8 Å². The summed E-state index contributed by atoms with van der Waals surface area (Å²) in [6, 6.07) is 7.41. The number of nitrogens with one attached hydrogen (secondary N) is 1. The van der Waals surface area contributed by atoms with Gasteiger partial charge in [0.1, 0.15) is 18.7 Å². The maximum absolute atomic E-state index is 12.0. The van der Waals surface area contributed by atoms with Crippen LogP contribution in [-0.2, 0) is 11.3 Å². The van der Waals surface area contributed by atoms with Gasteiger partial charge in [0.15, 0.2) is 5.82 Å². The zero-order valence-electron chi connectivity index (χ0n) is 12.4. The molecule has 1 amide bonds. The van der Waals surface area contributed by atoms with E-state index in [9.17, 15) is 4.79 Å². The number of anilines is 1. The number of carbonyl (C=O) groups is 1. The van der Waals surface area contributed by atoms with Gasteiger partial charge in [0, 0.05) is 24.2 Å². The van der Waals surface area contributed by atoms with Gasteiger partial charge in [-0.25, -0.2) is 14.6 Å². The largest absolute Gasteiger partial charge is 0.345 e. The Bertz CT molecular complexity index is 790. The molecule has 0 unspecified atom stereocenters. The van der Waals surface area contributed by atoms with E-state index >= 15 is 0 Å². The van der Waals surface area contributed by atoms with E-state index in [0.29, 0.717) is 11.6 Å². The van der Waals surface area contributed by atoms with Gasteiger partial charge < -0.3 is 9.88 Å².